The molecule has 2 nitrogen and oxygen atoms in total. The highest BCUT2D eigenvalue weighted by atomic mass is 15.1. The SMILES string of the molecule is CC(C)CCC(C)NCC(C)(C)CN(C)C. The van der Waals surface area contributed by atoms with Gasteiger partial charge in [0.15, 0.2) is 0 Å². The first-order valence-electron chi connectivity index (χ1n) is 6.61. The standard InChI is InChI=1S/C14H32N2/c1-12(2)8-9-13(3)15-10-14(4,5)11-16(6)7/h12-13,15H,8-11H2,1-7H3. The Morgan fingerprint density at radius 3 is 2.06 bits per heavy atom. The van der Waals surface area contributed by atoms with E-state index in [1.54, 1.807) is 0 Å². The molecule has 0 aliphatic carbocycles. The second-order valence-electron chi connectivity index (χ2n) is 6.66. The predicted octanol–water partition coefficient (Wildman–Crippen LogP) is 2.99. The van der Waals surface area contributed by atoms with Gasteiger partial charge in [0.05, 0.1) is 0 Å². The molecule has 1 N–H and O–H groups in total. The van der Waals surface area contributed by atoms with Gasteiger partial charge in [-0.25, -0.2) is 0 Å². The summed E-state index contributed by atoms with van der Waals surface area (Å²) in [6, 6.07) is 0.642. The van der Waals surface area contributed by atoms with Crippen molar-refractivity contribution in [2.24, 2.45) is 11.3 Å². The van der Waals surface area contributed by atoms with Crippen molar-refractivity contribution in [2.75, 3.05) is 27.2 Å². The predicted molar refractivity (Wildman–Crippen MR) is 73.9 cm³/mol. The van der Waals surface area contributed by atoms with Crippen LogP contribution in [-0.2, 0) is 0 Å². The summed E-state index contributed by atoms with van der Waals surface area (Å²) in [5.74, 6) is 0.819. The first-order valence-corrected chi connectivity index (χ1v) is 6.61. The van der Waals surface area contributed by atoms with Crippen LogP contribution in [0.15, 0.2) is 0 Å². The van der Waals surface area contributed by atoms with Gasteiger partial charge in [0.25, 0.3) is 0 Å². The van der Waals surface area contributed by atoms with Crippen LogP contribution >= 0.6 is 0 Å². The van der Waals surface area contributed by atoms with Crippen LogP contribution in [0.5, 0.6) is 0 Å². The van der Waals surface area contributed by atoms with Crippen LogP contribution in [0.1, 0.15) is 47.5 Å². The highest BCUT2D eigenvalue weighted by Gasteiger charge is 2.19. The van der Waals surface area contributed by atoms with Gasteiger partial charge >= 0.3 is 0 Å². The fourth-order valence-corrected chi connectivity index (χ4v) is 2.05. The Kier molecular flexibility index (Phi) is 7.25. The Balaban J connectivity index is 3.76. The summed E-state index contributed by atoms with van der Waals surface area (Å²) >= 11 is 0. The van der Waals surface area contributed by atoms with Crippen LogP contribution in [-0.4, -0.2) is 38.1 Å². The first-order chi connectivity index (χ1) is 7.23. The molecule has 98 valence electrons. The maximum Gasteiger partial charge on any atom is 0.00390 e. The van der Waals surface area contributed by atoms with Crippen LogP contribution < -0.4 is 5.32 Å². The molecule has 0 saturated carbocycles. The molecule has 0 saturated heterocycles. The summed E-state index contributed by atoms with van der Waals surface area (Å²) in [7, 11) is 4.29. The maximum atomic E-state index is 3.66. The van der Waals surface area contributed by atoms with Crippen molar-refractivity contribution >= 4 is 0 Å². The average molecular weight is 228 g/mol. The number of nitrogens with one attached hydrogen (secondary N) is 1. The summed E-state index contributed by atoms with van der Waals surface area (Å²) in [4.78, 5) is 2.26. The van der Waals surface area contributed by atoms with Crippen molar-refractivity contribution in [3.8, 4) is 0 Å². The lowest BCUT2D eigenvalue weighted by atomic mass is 9.92. The minimum absolute atomic E-state index is 0.357. The van der Waals surface area contributed by atoms with Crippen LogP contribution in [0.3, 0.4) is 0 Å². The Morgan fingerprint density at radius 1 is 1.06 bits per heavy atom. The van der Waals surface area contributed by atoms with Gasteiger partial charge in [-0.3, -0.25) is 0 Å². The van der Waals surface area contributed by atoms with E-state index in [-0.39, 0.29) is 0 Å². The van der Waals surface area contributed by atoms with Crippen molar-refractivity contribution in [3.63, 3.8) is 0 Å². The zero-order chi connectivity index (χ0) is 12.8. The van der Waals surface area contributed by atoms with Crippen molar-refractivity contribution in [1.82, 2.24) is 10.2 Å². The number of nitrogens with zero attached hydrogens (tertiary/aromatic N) is 1. The lowest BCUT2D eigenvalue weighted by Crippen LogP contribution is -2.40. The molecule has 0 amide bonds. The molecule has 0 aliphatic rings. The third-order valence-corrected chi connectivity index (χ3v) is 2.85. The third kappa shape index (κ3) is 9.17. The number of hydrogen-bond donors (Lipinski definition) is 1. The van der Waals surface area contributed by atoms with Gasteiger partial charge in [-0.15, -0.1) is 0 Å². The molecule has 0 bridgehead atoms. The van der Waals surface area contributed by atoms with Crippen LogP contribution in [0, 0.1) is 11.3 Å². The highest BCUT2D eigenvalue weighted by molar-refractivity contribution is 4.76. The summed E-state index contributed by atoms with van der Waals surface area (Å²) in [5, 5.41) is 3.66. The smallest absolute Gasteiger partial charge is 0.00390 e. The van der Waals surface area contributed by atoms with Gasteiger partial charge in [-0.05, 0) is 45.2 Å². The molecule has 0 aromatic rings. The number of hydrogen-bond acceptors (Lipinski definition) is 2. The minimum Gasteiger partial charge on any atom is -0.314 e. The van der Waals surface area contributed by atoms with Crippen molar-refractivity contribution in [1.29, 1.82) is 0 Å². The molecule has 0 radical (unpaired) electrons. The van der Waals surface area contributed by atoms with Gasteiger partial charge in [-0.1, -0.05) is 27.7 Å². The summed E-state index contributed by atoms with van der Waals surface area (Å²) in [6.45, 7) is 13.8. The molecule has 0 heterocycles. The quantitative estimate of drug-likeness (QED) is 0.687. The zero-order valence-corrected chi connectivity index (χ0v) is 12.4. The van der Waals surface area contributed by atoms with Gasteiger partial charge in [-0.2, -0.15) is 0 Å². The molecule has 0 rings (SSSR count). The molecule has 0 aromatic heterocycles. The van der Waals surface area contributed by atoms with E-state index in [4.69, 9.17) is 0 Å². The average Bonchev–Trinajstić information content (AvgIpc) is 2.09. The van der Waals surface area contributed by atoms with Crippen LogP contribution in [0.25, 0.3) is 0 Å². The summed E-state index contributed by atoms with van der Waals surface area (Å²) in [6.07, 6.45) is 2.61. The van der Waals surface area contributed by atoms with E-state index in [1.807, 2.05) is 0 Å². The van der Waals surface area contributed by atoms with Gasteiger partial charge < -0.3 is 10.2 Å². The molecular formula is C14H32N2. The van der Waals surface area contributed by atoms with E-state index in [0.717, 1.165) is 19.0 Å². The first kappa shape index (κ1) is 15.9. The fourth-order valence-electron chi connectivity index (χ4n) is 2.05. The summed E-state index contributed by atoms with van der Waals surface area (Å²) < 4.78 is 0. The van der Waals surface area contributed by atoms with E-state index in [2.05, 4.69) is 58.9 Å². The minimum atomic E-state index is 0.357. The molecule has 16 heavy (non-hydrogen) atoms. The number of rotatable bonds is 8. The molecule has 0 spiro atoms. The third-order valence-electron chi connectivity index (χ3n) is 2.85. The van der Waals surface area contributed by atoms with Gasteiger partial charge in [0.1, 0.15) is 0 Å². The van der Waals surface area contributed by atoms with Crippen molar-refractivity contribution < 1.29 is 0 Å². The molecule has 0 aliphatic heterocycles. The lowest BCUT2D eigenvalue weighted by molar-refractivity contribution is 0.224. The maximum absolute atomic E-state index is 3.66. The van der Waals surface area contributed by atoms with Crippen molar-refractivity contribution in [2.45, 2.75) is 53.5 Å². The van der Waals surface area contributed by atoms with Gasteiger partial charge in [0, 0.05) is 19.1 Å². The summed E-state index contributed by atoms with van der Waals surface area (Å²) in [5.41, 5.74) is 0.357. The van der Waals surface area contributed by atoms with E-state index in [1.165, 1.54) is 12.8 Å². The normalized spacial score (nSPS) is 14.8. The van der Waals surface area contributed by atoms with E-state index < -0.39 is 0 Å². The second kappa shape index (κ2) is 7.29. The van der Waals surface area contributed by atoms with E-state index >= 15 is 0 Å². The Labute approximate surface area is 103 Å². The molecule has 2 heteroatoms. The Hall–Kier alpha value is -0.0800. The van der Waals surface area contributed by atoms with E-state index in [9.17, 15) is 0 Å². The fraction of sp³-hybridized carbons (Fsp3) is 1.00. The second-order valence-corrected chi connectivity index (χ2v) is 6.66. The molecule has 0 fully saturated rings. The Morgan fingerprint density at radius 2 is 1.62 bits per heavy atom. The largest absolute Gasteiger partial charge is 0.314 e. The monoisotopic (exact) mass is 228 g/mol. The van der Waals surface area contributed by atoms with Crippen LogP contribution in [0.2, 0.25) is 0 Å². The zero-order valence-electron chi connectivity index (χ0n) is 12.4. The highest BCUT2D eigenvalue weighted by Crippen LogP contribution is 2.15. The molecule has 0 aromatic carbocycles. The lowest BCUT2D eigenvalue weighted by Gasteiger charge is -2.30. The van der Waals surface area contributed by atoms with Gasteiger partial charge in [0.2, 0.25) is 0 Å². The van der Waals surface area contributed by atoms with Crippen molar-refractivity contribution in [3.05, 3.63) is 0 Å². The molecule has 1 atom stereocenters. The Bertz CT molecular complexity index is 174. The van der Waals surface area contributed by atoms with E-state index in [0.29, 0.717) is 11.5 Å². The topological polar surface area (TPSA) is 15.3 Å². The molecule has 1 unspecified atom stereocenters. The molecular weight excluding hydrogens is 196 g/mol. The van der Waals surface area contributed by atoms with Crippen LogP contribution in [0.4, 0.5) is 0 Å².